The zero-order valence-corrected chi connectivity index (χ0v) is 16.1. The molecular weight excluding hydrogens is 371 g/mol. The van der Waals surface area contributed by atoms with Crippen molar-refractivity contribution >= 4 is 17.8 Å². The molecule has 7 heteroatoms. The number of aromatic nitrogens is 2. The summed E-state index contributed by atoms with van der Waals surface area (Å²) in [6, 6.07) is 4.06. The first kappa shape index (κ1) is 18.9. The molecule has 146 valence electrons. The normalized spacial score (nSPS) is 17.6. The van der Waals surface area contributed by atoms with Gasteiger partial charge in [0, 0.05) is 30.1 Å². The van der Waals surface area contributed by atoms with E-state index in [1.54, 1.807) is 19.2 Å². The maximum Gasteiger partial charge on any atom is 0.231 e. The Balaban J connectivity index is 1.60. The van der Waals surface area contributed by atoms with Crippen molar-refractivity contribution in [2.24, 2.45) is 5.41 Å². The highest BCUT2D eigenvalue weighted by molar-refractivity contribution is 6.11. The number of carbonyl (C=O) groups is 2. The average Bonchev–Trinajstić information content (AvgIpc) is 3.49. The molecular formula is C22H19FN4O2. The molecule has 1 atom stereocenters. The van der Waals surface area contributed by atoms with E-state index in [0.717, 1.165) is 22.9 Å². The molecule has 0 bridgehead atoms. The minimum Gasteiger partial charge on any atom is -0.347 e. The van der Waals surface area contributed by atoms with Crippen LogP contribution >= 0.6 is 0 Å². The van der Waals surface area contributed by atoms with Crippen LogP contribution in [-0.4, -0.2) is 21.7 Å². The van der Waals surface area contributed by atoms with Crippen LogP contribution < -0.4 is 5.32 Å². The van der Waals surface area contributed by atoms with E-state index in [9.17, 15) is 14.0 Å². The lowest BCUT2D eigenvalue weighted by Gasteiger charge is -2.24. The fraction of sp³-hybridized carbons (Fsp3) is 0.318. The number of fused-ring (bicyclic) bond motifs is 1. The van der Waals surface area contributed by atoms with Crippen LogP contribution in [0.2, 0.25) is 0 Å². The number of nitrogens with one attached hydrogen (secondary N) is 1. The molecule has 6 nitrogen and oxygen atoms in total. The first-order valence-corrected chi connectivity index (χ1v) is 9.42. The lowest BCUT2D eigenvalue weighted by Crippen LogP contribution is -2.38. The Kier molecular flexibility index (Phi) is 4.50. The lowest BCUT2D eigenvalue weighted by atomic mass is 9.82. The van der Waals surface area contributed by atoms with Crippen LogP contribution in [0.3, 0.4) is 0 Å². The molecule has 4 rings (SSSR count). The summed E-state index contributed by atoms with van der Waals surface area (Å²) in [7, 11) is 0. The van der Waals surface area contributed by atoms with Crippen molar-refractivity contribution in [3.05, 3.63) is 64.0 Å². The molecule has 0 unspecified atom stereocenters. The lowest BCUT2D eigenvalue weighted by molar-refractivity contribution is -0.127. The number of hydrogen-bond donors (Lipinski definition) is 1. The fourth-order valence-electron chi connectivity index (χ4n) is 3.86. The molecule has 0 radical (unpaired) electrons. The van der Waals surface area contributed by atoms with E-state index in [0.29, 0.717) is 18.4 Å². The van der Waals surface area contributed by atoms with Gasteiger partial charge in [0.25, 0.3) is 0 Å². The molecule has 2 aromatic rings. The predicted molar refractivity (Wildman–Crippen MR) is 103 cm³/mol. The minimum absolute atomic E-state index is 0.0579. The number of nitrogens with zero attached hydrogens (tertiary/aromatic N) is 3. The Labute approximate surface area is 167 Å². The molecule has 0 spiro atoms. The van der Waals surface area contributed by atoms with Crippen LogP contribution in [0.1, 0.15) is 53.9 Å². The molecule has 2 heterocycles. The van der Waals surface area contributed by atoms with Gasteiger partial charge in [-0.15, -0.1) is 0 Å². The molecule has 0 saturated heterocycles. The number of carbonyl (C=O) groups excluding carboxylic acids is 2. The van der Waals surface area contributed by atoms with E-state index in [1.807, 2.05) is 19.1 Å². The standard InChI is InChI=1S/C22H19FN4O2/c1-12-16-9-17(19(28)8-15(16)3-6-25-12)22(4-5-22)21(29)27-13(2)20-18(23)7-14(10-24)11-26-20/h3,6-7,9,11,13H,4-5,8H2,1-2H3,(H,27,29)/t13-/m1/s1. The molecule has 2 aliphatic carbocycles. The van der Waals surface area contributed by atoms with Gasteiger partial charge in [0.2, 0.25) is 5.91 Å². The minimum atomic E-state index is -0.881. The first-order chi connectivity index (χ1) is 13.9. The third-order valence-electron chi connectivity index (χ3n) is 5.68. The summed E-state index contributed by atoms with van der Waals surface area (Å²) in [6.07, 6.45) is 6.14. The number of amides is 1. The number of rotatable bonds is 4. The number of ketones is 1. The van der Waals surface area contributed by atoms with Crippen LogP contribution in [0.15, 0.2) is 30.1 Å². The Morgan fingerprint density at radius 3 is 2.79 bits per heavy atom. The molecule has 2 aromatic heterocycles. The van der Waals surface area contributed by atoms with Crippen molar-refractivity contribution in [3.63, 3.8) is 0 Å². The van der Waals surface area contributed by atoms with Gasteiger partial charge < -0.3 is 5.32 Å². The zero-order valence-electron chi connectivity index (χ0n) is 16.1. The van der Waals surface area contributed by atoms with Crippen LogP contribution in [0.25, 0.3) is 6.08 Å². The quantitative estimate of drug-likeness (QED) is 0.866. The highest BCUT2D eigenvalue weighted by Crippen LogP contribution is 2.54. The summed E-state index contributed by atoms with van der Waals surface area (Å²) in [5.41, 5.74) is 2.43. The molecule has 2 aliphatic rings. The first-order valence-electron chi connectivity index (χ1n) is 9.42. The molecule has 0 aliphatic heterocycles. The van der Waals surface area contributed by atoms with Crippen molar-refractivity contribution in [2.75, 3.05) is 0 Å². The van der Waals surface area contributed by atoms with Crippen molar-refractivity contribution in [1.29, 1.82) is 5.26 Å². The number of Topliss-reactive ketones (excluding diaryl/α,β-unsaturated/α-hetero) is 1. The third-order valence-corrected chi connectivity index (χ3v) is 5.68. The van der Waals surface area contributed by atoms with Gasteiger partial charge in [0.15, 0.2) is 5.78 Å². The predicted octanol–water partition coefficient (Wildman–Crippen LogP) is 2.96. The van der Waals surface area contributed by atoms with Gasteiger partial charge in [-0.25, -0.2) is 4.39 Å². The fourth-order valence-corrected chi connectivity index (χ4v) is 3.86. The summed E-state index contributed by atoms with van der Waals surface area (Å²) in [4.78, 5) is 34.1. The summed E-state index contributed by atoms with van der Waals surface area (Å²) < 4.78 is 14.2. The second kappa shape index (κ2) is 6.89. The van der Waals surface area contributed by atoms with E-state index < -0.39 is 17.3 Å². The SMILES string of the molecule is Cc1nccc2c1C=C(C1(C(=O)N[C@H](C)c3ncc(C#N)cc3F)CC1)C(=O)C2. The van der Waals surface area contributed by atoms with E-state index >= 15 is 0 Å². The Morgan fingerprint density at radius 1 is 1.38 bits per heavy atom. The van der Waals surface area contributed by atoms with Gasteiger partial charge >= 0.3 is 0 Å². The third kappa shape index (κ3) is 3.21. The second-order valence-corrected chi connectivity index (χ2v) is 7.61. The van der Waals surface area contributed by atoms with Gasteiger partial charge in [0.05, 0.1) is 22.7 Å². The highest BCUT2D eigenvalue weighted by atomic mass is 19.1. The van der Waals surface area contributed by atoms with Crippen LogP contribution in [-0.2, 0) is 16.0 Å². The number of nitriles is 1. The topological polar surface area (TPSA) is 95.7 Å². The Hall–Kier alpha value is -3.40. The van der Waals surface area contributed by atoms with Gasteiger partial charge in [-0.2, -0.15) is 5.26 Å². The zero-order chi connectivity index (χ0) is 20.8. The van der Waals surface area contributed by atoms with Crippen molar-refractivity contribution in [3.8, 4) is 6.07 Å². The summed E-state index contributed by atoms with van der Waals surface area (Å²) >= 11 is 0. The molecule has 1 fully saturated rings. The Morgan fingerprint density at radius 2 is 2.14 bits per heavy atom. The average molecular weight is 390 g/mol. The second-order valence-electron chi connectivity index (χ2n) is 7.61. The van der Waals surface area contributed by atoms with Crippen LogP contribution in [0.4, 0.5) is 4.39 Å². The van der Waals surface area contributed by atoms with Crippen molar-refractivity contribution in [2.45, 2.75) is 39.2 Å². The number of aryl methyl sites for hydroxylation is 1. The van der Waals surface area contributed by atoms with Gasteiger partial charge in [-0.05, 0) is 56.0 Å². The number of hydrogen-bond acceptors (Lipinski definition) is 5. The number of pyridine rings is 2. The molecule has 29 heavy (non-hydrogen) atoms. The smallest absolute Gasteiger partial charge is 0.231 e. The molecule has 0 aromatic carbocycles. The summed E-state index contributed by atoms with van der Waals surface area (Å²) in [5.74, 6) is -1.02. The molecule has 1 amide bonds. The molecule has 1 N–H and O–H groups in total. The van der Waals surface area contributed by atoms with E-state index in [-0.39, 0.29) is 29.4 Å². The van der Waals surface area contributed by atoms with Gasteiger partial charge in [-0.1, -0.05) is 0 Å². The number of halogens is 1. The largest absolute Gasteiger partial charge is 0.347 e. The summed E-state index contributed by atoms with van der Waals surface area (Å²) in [5, 5.41) is 11.6. The Bertz CT molecular complexity index is 1110. The molecule has 1 saturated carbocycles. The maximum atomic E-state index is 14.2. The van der Waals surface area contributed by atoms with Crippen molar-refractivity contribution in [1.82, 2.24) is 15.3 Å². The van der Waals surface area contributed by atoms with Crippen LogP contribution in [0, 0.1) is 29.5 Å². The maximum absolute atomic E-state index is 14.2. The van der Waals surface area contributed by atoms with Crippen molar-refractivity contribution < 1.29 is 14.0 Å². The van der Waals surface area contributed by atoms with Gasteiger partial charge in [-0.3, -0.25) is 19.6 Å². The van der Waals surface area contributed by atoms with Crippen LogP contribution in [0.5, 0.6) is 0 Å². The van der Waals surface area contributed by atoms with Gasteiger partial charge in [0.1, 0.15) is 11.9 Å². The monoisotopic (exact) mass is 390 g/mol. The highest BCUT2D eigenvalue weighted by Gasteiger charge is 2.55. The van der Waals surface area contributed by atoms with E-state index in [1.165, 1.54) is 6.20 Å². The van der Waals surface area contributed by atoms with E-state index in [2.05, 4.69) is 15.3 Å². The van der Waals surface area contributed by atoms with E-state index in [4.69, 9.17) is 5.26 Å². The summed E-state index contributed by atoms with van der Waals surface area (Å²) in [6.45, 7) is 3.51.